The van der Waals surface area contributed by atoms with Gasteiger partial charge in [-0.15, -0.1) is 6.58 Å². The number of carbonyl (C=O) groups is 2. The SMILES string of the molecule is C=CCCCCCCCC(C(=O)OCC)C(=O)c1ccccc1. The first-order chi connectivity index (χ1) is 11.2. The van der Waals surface area contributed by atoms with Crippen LogP contribution in [0.3, 0.4) is 0 Å². The molecule has 1 aromatic carbocycles. The topological polar surface area (TPSA) is 43.4 Å². The lowest BCUT2D eigenvalue weighted by molar-refractivity contribution is -0.146. The number of carbonyl (C=O) groups excluding carboxylic acids is 2. The molecule has 1 aromatic rings. The molecule has 0 aromatic heterocycles. The molecule has 0 radical (unpaired) electrons. The third-order valence-corrected chi connectivity index (χ3v) is 3.85. The van der Waals surface area contributed by atoms with Crippen LogP contribution in [0.25, 0.3) is 0 Å². The minimum Gasteiger partial charge on any atom is -0.465 e. The largest absolute Gasteiger partial charge is 0.465 e. The van der Waals surface area contributed by atoms with Crippen molar-refractivity contribution < 1.29 is 14.3 Å². The summed E-state index contributed by atoms with van der Waals surface area (Å²) in [6, 6.07) is 9.00. The Balaban J connectivity index is 2.51. The second kappa shape index (κ2) is 11.6. The van der Waals surface area contributed by atoms with Crippen LogP contribution in [0.4, 0.5) is 0 Å². The van der Waals surface area contributed by atoms with Crippen LogP contribution in [0.15, 0.2) is 43.0 Å². The molecular formula is C20H28O3. The van der Waals surface area contributed by atoms with E-state index in [1.807, 2.05) is 24.3 Å². The van der Waals surface area contributed by atoms with Crippen molar-refractivity contribution in [1.82, 2.24) is 0 Å². The maximum atomic E-state index is 12.6. The van der Waals surface area contributed by atoms with Gasteiger partial charge in [-0.1, -0.05) is 62.1 Å². The number of ether oxygens (including phenoxy) is 1. The van der Waals surface area contributed by atoms with Gasteiger partial charge in [0, 0.05) is 5.56 Å². The fraction of sp³-hybridized carbons (Fsp3) is 0.500. The molecule has 23 heavy (non-hydrogen) atoms. The number of ketones is 1. The van der Waals surface area contributed by atoms with Gasteiger partial charge in [-0.25, -0.2) is 0 Å². The molecule has 1 atom stereocenters. The number of rotatable bonds is 12. The minimum absolute atomic E-state index is 0.129. The smallest absolute Gasteiger partial charge is 0.316 e. The van der Waals surface area contributed by atoms with Crippen molar-refractivity contribution in [1.29, 1.82) is 0 Å². The van der Waals surface area contributed by atoms with Crippen molar-refractivity contribution >= 4 is 11.8 Å². The molecule has 3 nitrogen and oxygen atoms in total. The van der Waals surface area contributed by atoms with Gasteiger partial charge in [0.1, 0.15) is 5.92 Å². The molecular weight excluding hydrogens is 288 g/mol. The molecule has 0 amide bonds. The Morgan fingerprint density at radius 1 is 1.09 bits per heavy atom. The van der Waals surface area contributed by atoms with Gasteiger partial charge in [-0.2, -0.15) is 0 Å². The second-order valence-corrected chi connectivity index (χ2v) is 5.67. The predicted octanol–water partition coefficient (Wildman–Crippen LogP) is 4.97. The lowest BCUT2D eigenvalue weighted by atomic mass is 9.92. The Morgan fingerprint density at radius 2 is 1.74 bits per heavy atom. The van der Waals surface area contributed by atoms with Crippen molar-refractivity contribution in [3.8, 4) is 0 Å². The highest BCUT2D eigenvalue weighted by molar-refractivity contribution is 6.08. The zero-order valence-corrected chi connectivity index (χ0v) is 14.1. The van der Waals surface area contributed by atoms with Crippen LogP contribution in [0.2, 0.25) is 0 Å². The number of hydrogen-bond acceptors (Lipinski definition) is 3. The van der Waals surface area contributed by atoms with E-state index in [1.54, 1.807) is 19.1 Å². The maximum absolute atomic E-state index is 12.6. The molecule has 0 aliphatic heterocycles. The number of unbranched alkanes of at least 4 members (excludes halogenated alkanes) is 5. The van der Waals surface area contributed by atoms with E-state index in [4.69, 9.17) is 4.74 Å². The van der Waals surface area contributed by atoms with Crippen LogP contribution in [0.5, 0.6) is 0 Å². The second-order valence-electron chi connectivity index (χ2n) is 5.67. The zero-order chi connectivity index (χ0) is 16.9. The van der Waals surface area contributed by atoms with Crippen LogP contribution in [-0.4, -0.2) is 18.4 Å². The predicted molar refractivity (Wildman–Crippen MR) is 93.4 cm³/mol. The van der Waals surface area contributed by atoms with E-state index in [1.165, 1.54) is 6.42 Å². The van der Waals surface area contributed by atoms with E-state index in [2.05, 4.69) is 6.58 Å². The highest BCUT2D eigenvalue weighted by Gasteiger charge is 2.28. The summed E-state index contributed by atoms with van der Waals surface area (Å²) in [6.07, 6.45) is 8.92. The summed E-state index contributed by atoms with van der Waals surface area (Å²) >= 11 is 0. The average molecular weight is 316 g/mol. The molecule has 0 heterocycles. The third kappa shape index (κ3) is 7.27. The van der Waals surface area contributed by atoms with E-state index in [0.717, 1.165) is 32.1 Å². The maximum Gasteiger partial charge on any atom is 0.316 e. The average Bonchev–Trinajstić information content (AvgIpc) is 2.58. The van der Waals surface area contributed by atoms with E-state index in [-0.39, 0.29) is 5.78 Å². The Labute approximate surface area is 139 Å². The van der Waals surface area contributed by atoms with Crippen molar-refractivity contribution in [2.24, 2.45) is 5.92 Å². The number of esters is 1. The fourth-order valence-corrected chi connectivity index (χ4v) is 2.57. The van der Waals surface area contributed by atoms with E-state index < -0.39 is 11.9 Å². The third-order valence-electron chi connectivity index (χ3n) is 3.85. The first kappa shape index (κ1) is 19.1. The first-order valence-electron chi connectivity index (χ1n) is 8.57. The molecule has 0 saturated heterocycles. The number of Topliss-reactive ketones (excluding diaryl/α,β-unsaturated/α-hetero) is 1. The quantitative estimate of drug-likeness (QED) is 0.180. The summed E-state index contributed by atoms with van der Waals surface area (Å²) in [5, 5.41) is 0. The van der Waals surface area contributed by atoms with Crippen molar-refractivity contribution in [3.63, 3.8) is 0 Å². The van der Waals surface area contributed by atoms with Gasteiger partial charge in [0.05, 0.1) is 6.61 Å². The summed E-state index contributed by atoms with van der Waals surface area (Å²) in [6.45, 7) is 5.78. The van der Waals surface area contributed by atoms with Gasteiger partial charge in [0.2, 0.25) is 0 Å². The van der Waals surface area contributed by atoms with Crippen molar-refractivity contribution in [2.75, 3.05) is 6.61 Å². The molecule has 0 spiro atoms. The Morgan fingerprint density at radius 3 is 2.39 bits per heavy atom. The first-order valence-corrected chi connectivity index (χ1v) is 8.57. The molecule has 0 bridgehead atoms. The lowest BCUT2D eigenvalue weighted by Crippen LogP contribution is -2.26. The monoisotopic (exact) mass is 316 g/mol. The minimum atomic E-state index is -0.675. The normalized spacial score (nSPS) is 11.7. The van der Waals surface area contributed by atoms with Crippen molar-refractivity contribution in [2.45, 2.75) is 51.9 Å². The molecule has 0 aliphatic rings. The summed E-state index contributed by atoms with van der Waals surface area (Å²) < 4.78 is 5.09. The van der Waals surface area contributed by atoms with Gasteiger partial charge >= 0.3 is 5.97 Å². The molecule has 1 unspecified atom stereocenters. The molecule has 0 aliphatic carbocycles. The van der Waals surface area contributed by atoms with E-state index >= 15 is 0 Å². The summed E-state index contributed by atoms with van der Waals surface area (Å²) in [4.78, 5) is 24.7. The summed E-state index contributed by atoms with van der Waals surface area (Å²) in [7, 11) is 0. The summed E-state index contributed by atoms with van der Waals surface area (Å²) in [5.74, 6) is -1.20. The van der Waals surface area contributed by atoms with Crippen LogP contribution in [0, 0.1) is 5.92 Å². The standard InChI is InChI=1S/C20H28O3/c1-3-5-6-7-8-9-13-16-18(20(22)23-4-2)19(21)17-14-11-10-12-15-17/h3,10-12,14-15,18H,1,4-9,13,16H2,2H3. The molecule has 0 fully saturated rings. The van der Waals surface area contributed by atoms with Crippen LogP contribution < -0.4 is 0 Å². The number of hydrogen-bond donors (Lipinski definition) is 0. The zero-order valence-electron chi connectivity index (χ0n) is 14.1. The highest BCUT2D eigenvalue weighted by Crippen LogP contribution is 2.19. The lowest BCUT2D eigenvalue weighted by Gasteiger charge is -2.14. The van der Waals surface area contributed by atoms with Gasteiger partial charge in [-0.05, 0) is 26.2 Å². The molecule has 0 saturated carbocycles. The number of allylic oxidation sites excluding steroid dienone is 1. The van der Waals surface area contributed by atoms with Crippen LogP contribution in [-0.2, 0) is 9.53 Å². The number of benzene rings is 1. The highest BCUT2D eigenvalue weighted by atomic mass is 16.5. The Hall–Kier alpha value is -1.90. The van der Waals surface area contributed by atoms with Crippen LogP contribution >= 0.6 is 0 Å². The fourth-order valence-electron chi connectivity index (χ4n) is 2.57. The Kier molecular flexibility index (Phi) is 9.69. The van der Waals surface area contributed by atoms with Gasteiger partial charge < -0.3 is 4.74 Å². The van der Waals surface area contributed by atoms with Gasteiger partial charge in [-0.3, -0.25) is 9.59 Å². The van der Waals surface area contributed by atoms with Crippen LogP contribution in [0.1, 0.15) is 62.2 Å². The molecule has 3 heteroatoms. The van der Waals surface area contributed by atoms with E-state index in [9.17, 15) is 9.59 Å². The molecule has 1 rings (SSSR count). The van der Waals surface area contributed by atoms with Gasteiger partial charge in [0.25, 0.3) is 0 Å². The van der Waals surface area contributed by atoms with E-state index in [0.29, 0.717) is 18.6 Å². The molecule has 0 N–H and O–H groups in total. The van der Waals surface area contributed by atoms with Gasteiger partial charge in [0.15, 0.2) is 5.78 Å². The van der Waals surface area contributed by atoms with Crippen molar-refractivity contribution in [3.05, 3.63) is 48.6 Å². The Bertz CT molecular complexity index is 479. The summed E-state index contributed by atoms with van der Waals surface area (Å²) in [5.41, 5.74) is 0.580. The molecule has 126 valence electrons.